The topological polar surface area (TPSA) is 29.1 Å². The molecule has 0 saturated heterocycles. The zero-order valence-corrected chi connectivity index (χ0v) is 13.4. The number of hydrogen-bond acceptors (Lipinski definition) is 1. The van der Waals surface area contributed by atoms with E-state index in [0.29, 0.717) is 10.6 Å². The lowest BCUT2D eigenvalue weighted by Crippen LogP contribution is -2.34. The van der Waals surface area contributed by atoms with Crippen LogP contribution in [0.25, 0.3) is 0 Å². The molecule has 2 nitrogen and oxygen atoms in total. The van der Waals surface area contributed by atoms with Gasteiger partial charge in [-0.2, -0.15) is 0 Å². The Bertz CT molecular complexity index is 601. The molecule has 1 N–H and O–H groups in total. The van der Waals surface area contributed by atoms with E-state index in [0.717, 1.165) is 10.9 Å². The minimum absolute atomic E-state index is 0.0416. The minimum Gasteiger partial charge on any atom is -0.349 e. The number of amides is 1. The van der Waals surface area contributed by atoms with Crippen LogP contribution >= 0.6 is 27.5 Å². The Balaban J connectivity index is 2.02. The number of nitrogens with one attached hydrogen (secondary N) is 1. The normalized spacial score (nSPS) is 11.9. The second-order valence-corrected chi connectivity index (χ2v) is 5.90. The average Bonchev–Trinajstić information content (AvgIpc) is 2.42. The van der Waals surface area contributed by atoms with Crippen LogP contribution in [0.4, 0.5) is 0 Å². The SMILES string of the molecule is CC(Cc1ccccc1)NC(=O)c1cccc(Br)c1Cl. The van der Waals surface area contributed by atoms with Gasteiger partial charge in [-0.3, -0.25) is 4.79 Å². The van der Waals surface area contributed by atoms with Crippen LogP contribution in [0.2, 0.25) is 5.02 Å². The molecule has 0 aliphatic heterocycles. The van der Waals surface area contributed by atoms with Gasteiger partial charge in [0, 0.05) is 10.5 Å². The highest BCUT2D eigenvalue weighted by Gasteiger charge is 2.14. The second-order valence-electron chi connectivity index (χ2n) is 4.67. The first-order valence-electron chi connectivity index (χ1n) is 6.36. The van der Waals surface area contributed by atoms with Crippen molar-refractivity contribution in [2.45, 2.75) is 19.4 Å². The van der Waals surface area contributed by atoms with Crippen LogP contribution < -0.4 is 5.32 Å². The van der Waals surface area contributed by atoms with Crippen LogP contribution in [0, 0.1) is 0 Å². The Labute approximate surface area is 132 Å². The quantitative estimate of drug-likeness (QED) is 0.864. The molecule has 1 atom stereocenters. The summed E-state index contributed by atoms with van der Waals surface area (Å²) in [4.78, 5) is 12.2. The largest absolute Gasteiger partial charge is 0.349 e. The lowest BCUT2D eigenvalue weighted by Gasteiger charge is -2.15. The molecule has 0 fully saturated rings. The third-order valence-electron chi connectivity index (χ3n) is 2.96. The Morgan fingerprint density at radius 3 is 2.60 bits per heavy atom. The second kappa shape index (κ2) is 6.91. The Morgan fingerprint density at radius 1 is 1.20 bits per heavy atom. The maximum absolute atomic E-state index is 12.2. The van der Waals surface area contributed by atoms with E-state index in [-0.39, 0.29) is 11.9 Å². The molecule has 0 aliphatic carbocycles. The molecule has 0 spiro atoms. The third kappa shape index (κ3) is 3.84. The average molecular weight is 353 g/mol. The maximum atomic E-state index is 12.2. The van der Waals surface area contributed by atoms with E-state index < -0.39 is 0 Å². The molecule has 4 heteroatoms. The Morgan fingerprint density at radius 2 is 1.90 bits per heavy atom. The van der Waals surface area contributed by atoms with Crippen molar-refractivity contribution in [3.63, 3.8) is 0 Å². The van der Waals surface area contributed by atoms with Crippen LogP contribution in [0.1, 0.15) is 22.8 Å². The van der Waals surface area contributed by atoms with Crippen molar-refractivity contribution in [2.75, 3.05) is 0 Å². The highest BCUT2D eigenvalue weighted by Crippen LogP contribution is 2.25. The van der Waals surface area contributed by atoms with Crippen LogP contribution in [-0.2, 0) is 6.42 Å². The summed E-state index contributed by atoms with van der Waals surface area (Å²) in [7, 11) is 0. The highest BCUT2D eigenvalue weighted by molar-refractivity contribution is 9.10. The molecule has 2 aromatic carbocycles. The summed E-state index contributed by atoms with van der Waals surface area (Å²) >= 11 is 9.45. The summed E-state index contributed by atoms with van der Waals surface area (Å²) in [6.45, 7) is 1.98. The van der Waals surface area contributed by atoms with Crippen LogP contribution in [0.15, 0.2) is 53.0 Å². The smallest absolute Gasteiger partial charge is 0.253 e. The van der Waals surface area contributed by atoms with Gasteiger partial charge in [0.15, 0.2) is 0 Å². The van der Waals surface area contributed by atoms with Crippen molar-refractivity contribution in [3.8, 4) is 0 Å². The van der Waals surface area contributed by atoms with Crippen molar-refractivity contribution in [3.05, 3.63) is 69.2 Å². The number of hydrogen-bond donors (Lipinski definition) is 1. The molecule has 0 radical (unpaired) electrons. The van der Waals surface area contributed by atoms with Gasteiger partial charge in [0.1, 0.15) is 0 Å². The van der Waals surface area contributed by atoms with E-state index in [1.165, 1.54) is 5.56 Å². The van der Waals surface area contributed by atoms with Crippen LogP contribution in [0.3, 0.4) is 0 Å². The van der Waals surface area contributed by atoms with E-state index in [1.54, 1.807) is 12.1 Å². The summed E-state index contributed by atoms with van der Waals surface area (Å²) in [5, 5.41) is 3.41. The first-order chi connectivity index (χ1) is 9.58. The van der Waals surface area contributed by atoms with Crippen molar-refractivity contribution in [2.24, 2.45) is 0 Å². The number of carbonyl (C=O) groups excluding carboxylic acids is 1. The van der Waals surface area contributed by atoms with Gasteiger partial charge in [0.25, 0.3) is 5.91 Å². The molecule has 2 rings (SSSR count). The van der Waals surface area contributed by atoms with Gasteiger partial charge in [-0.15, -0.1) is 0 Å². The van der Waals surface area contributed by atoms with Crippen LogP contribution in [0.5, 0.6) is 0 Å². The molecule has 0 aliphatic rings. The summed E-state index contributed by atoms with van der Waals surface area (Å²) in [5.41, 5.74) is 1.68. The van der Waals surface area contributed by atoms with Crippen molar-refractivity contribution in [1.82, 2.24) is 5.32 Å². The molecule has 104 valence electrons. The first-order valence-corrected chi connectivity index (χ1v) is 7.54. The molecular weight excluding hydrogens is 338 g/mol. The molecule has 0 heterocycles. The fourth-order valence-corrected chi connectivity index (χ4v) is 2.58. The molecule has 20 heavy (non-hydrogen) atoms. The van der Waals surface area contributed by atoms with Gasteiger partial charge in [-0.25, -0.2) is 0 Å². The lowest BCUT2D eigenvalue weighted by molar-refractivity contribution is 0.0940. The Kier molecular flexibility index (Phi) is 5.21. The van der Waals surface area contributed by atoms with E-state index in [4.69, 9.17) is 11.6 Å². The molecule has 1 amide bonds. The van der Waals surface area contributed by atoms with Crippen molar-refractivity contribution < 1.29 is 4.79 Å². The van der Waals surface area contributed by atoms with Gasteiger partial charge in [-0.1, -0.05) is 48.0 Å². The fraction of sp³-hybridized carbons (Fsp3) is 0.188. The molecule has 2 aromatic rings. The van der Waals surface area contributed by atoms with Crippen LogP contribution in [-0.4, -0.2) is 11.9 Å². The molecule has 0 bridgehead atoms. The summed E-state index contributed by atoms with van der Waals surface area (Å²) < 4.78 is 0.725. The van der Waals surface area contributed by atoms with Crippen molar-refractivity contribution in [1.29, 1.82) is 0 Å². The summed E-state index contributed by atoms with van der Waals surface area (Å²) in [6, 6.07) is 15.4. The number of carbonyl (C=O) groups is 1. The number of rotatable bonds is 4. The van der Waals surface area contributed by atoms with Gasteiger partial charge in [0.2, 0.25) is 0 Å². The molecule has 0 saturated carbocycles. The van der Waals surface area contributed by atoms with Gasteiger partial charge >= 0.3 is 0 Å². The van der Waals surface area contributed by atoms with Gasteiger partial charge in [0.05, 0.1) is 10.6 Å². The summed E-state index contributed by atoms with van der Waals surface area (Å²) in [5.74, 6) is -0.153. The minimum atomic E-state index is -0.153. The zero-order chi connectivity index (χ0) is 14.5. The molecule has 0 aromatic heterocycles. The zero-order valence-electron chi connectivity index (χ0n) is 11.1. The number of halogens is 2. The monoisotopic (exact) mass is 351 g/mol. The maximum Gasteiger partial charge on any atom is 0.253 e. The highest BCUT2D eigenvalue weighted by atomic mass is 79.9. The predicted molar refractivity (Wildman–Crippen MR) is 86.2 cm³/mol. The lowest BCUT2D eigenvalue weighted by atomic mass is 10.1. The Hall–Kier alpha value is -1.32. The van der Waals surface area contributed by atoms with E-state index >= 15 is 0 Å². The van der Waals surface area contributed by atoms with Gasteiger partial charge < -0.3 is 5.32 Å². The third-order valence-corrected chi connectivity index (χ3v) is 4.25. The standard InChI is InChI=1S/C16H15BrClNO/c1-11(10-12-6-3-2-4-7-12)19-16(20)13-8-5-9-14(17)15(13)18/h2-9,11H,10H2,1H3,(H,19,20). The van der Waals surface area contributed by atoms with E-state index in [1.807, 2.05) is 31.2 Å². The number of benzene rings is 2. The fourth-order valence-electron chi connectivity index (χ4n) is 2.00. The van der Waals surface area contributed by atoms with Crippen molar-refractivity contribution >= 4 is 33.4 Å². The first kappa shape index (κ1) is 15.1. The molecular formula is C16H15BrClNO. The van der Waals surface area contributed by atoms with E-state index in [2.05, 4.69) is 33.4 Å². The summed E-state index contributed by atoms with van der Waals surface area (Å²) in [6.07, 6.45) is 0.790. The molecule has 1 unspecified atom stereocenters. The van der Waals surface area contributed by atoms with E-state index in [9.17, 15) is 4.79 Å². The predicted octanol–water partition coefficient (Wildman–Crippen LogP) is 4.46. The van der Waals surface area contributed by atoms with Gasteiger partial charge in [-0.05, 0) is 47.0 Å².